The highest BCUT2D eigenvalue weighted by molar-refractivity contribution is 4.89. The van der Waals surface area contributed by atoms with Gasteiger partial charge in [0.25, 0.3) is 0 Å². The highest BCUT2D eigenvalue weighted by atomic mass is 15.1. The minimum atomic E-state index is 0.448. The summed E-state index contributed by atoms with van der Waals surface area (Å²) in [7, 11) is 0. The first-order valence-electron chi connectivity index (χ1n) is 6.94. The molecule has 94 valence electrons. The zero-order valence-corrected chi connectivity index (χ0v) is 11.2. The third kappa shape index (κ3) is 2.98. The second-order valence-electron chi connectivity index (χ2n) is 6.98. The highest BCUT2D eigenvalue weighted by Crippen LogP contribution is 2.38. The third-order valence-electron chi connectivity index (χ3n) is 4.58. The summed E-state index contributed by atoms with van der Waals surface area (Å²) >= 11 is 0. The van der Waals surface area contributed by atoms with Crippen molar-refractivity contribution in [2.24, 2.45) is 23.0 Å². The Labute approximate surface area is 101 Å². The van der Waals surface area contributed by atoms with E-state index in [-0.39, 0.29) is 0 Å². The fourth-order valence-corrected chi connectivity index (χ4v) is 3.48. The van der Waals surface area contributed by atoms with Gasteiger partial charge in [0.05, 0.1) is 0 Å². The van der Waals surface area contributed by atoms with Crippen molar-refractivity contribution < 1.29 is 0 Å². The fraction of sp³-hybridized carbons (Fsp3) is 1.00. The van der Waals surface area contributed by atoms with Gasteiger partial charge >= 0.3 is 0 Å². The van der Waals surface area contributed by atoms with Crippen LogP contribution in [0.2, 0.25) is 0 Å². The molecule has 0 aromatic heterocycles. The maximum Gasteiger partial charge on any atom is 0.00797 e. The third-order valence-corrected chi connectivity index (χ3v) is 4.58. The molecule has 2 aliphatic rings. The lowest BCUT2D eigenvalue weighted by atomic mass is 9.70. The smallest absolute Gasteiger partial charge is 0.00797 e. The van der Waals surface area contributed by atoms with Gasteiger partial charge < -0.3 is 10.6 Å². The summed E-state index contributed by atoms with van der Waals surface area (Å²) in [5, 5.41) is 0. The quantitative estimate of drug-likeness (QED) is 0.781. The number of hydrogen-bond donors (Lipinski definition) is 1. The molecule has 3 unspecified atom stereocenters. The number of rotatable bonds is 2. The van der Waals surface area contributed by atoms with Gasteiger partial charge in [-0.05, 0) is 49.5 Å². The first kappa shape index (κ1) is 12.4. The topological polar surface area (TPSA) is 29.3 Å². The van der Waals surface area contributed by atoms with Crippen molar-refractivity contribution in [2.75, 3.05) is 19.6 Å². The Bertz CT molecular complexity index is 237. The molecular formula is C14H28N2. The number of likely N-dealkylation sites (tertiary alicyclic amines) is 1. The largest absolute Gasteiger partial charge is 0.327 e. The van der Waals surface area contributed by atoms with E-state index in [0.29, 0.717) is 11.5 Å². The van der Waals surface area contributed by atoms with Gasteiger partial charge in [0.2, 0.25) is 0 Å². The molecule has 1 saturated carbocycles. The minimum absolute atomic E-state index is 0.448. The Morgan fingerprint density at radius 1 is 1.31 bits per heavy atom. The first-order chi connectivity index (χ1) is 7.46. The second kappa shape index (κ2) is 4.66. The molecule has 2 N–H and O–H groups in total. The van der Waals surface area contributed by atoms with Crippen molar-refractivity contribution in [3.63, 3.8) is 0 Å². The van der Waals surface area contributed by atoms with E-state index in [1.54, 1.807) is 0 Å². The van der Waals surface area contributed by atoms with E-state index in [1.165, 1.54) is 45.3 Å². The lowest BCUT2D eigenvalue weighted by Crippen LogP contribution is -2.44. The normalized spacial score (nSPS) is 40.1. The van der Waals surface area contributed by atoms with Crippen LogP contribution in [0.3, 0.4) is 0 Å². The van der Waals surface area contributed by atoms with Gasteiger partial charge in [-0.2, -0.15) is 0 Å². The van der Waals surface area contributed by atoms with Gasteiger partial charge in [-0.1, -0.05) is 20.8 Å². The van der Waals surface area contributed by atoms with Crippen LogP contribution in [0.5, 0.6) is 0 Å². The van der Waals surface area contributed by atoms with E-state index >= 15 is 0 Å². The molecule has 1 heterocycles. The van der Waals surface area contributed by atoms with Crippen molar-refractivity contribution in [3.05, 3.63) is 0 Å². The van der Waals surface area contributed by atoms with E-state index in [9.17, 15) is 0 Å². The van der Waals surface area contributed by atoms with Crippen LogP contribution < -0.4 is 5.73 Å². The van der Waals surface area contributed by atoms with Gasteiger partial charge in [-0.25, -0.2) is 0 Å². The van der Waals surface area contributed by atoms with Crippen LogP contribution in [-0.4, -0.2) is 30.6 Å². The SMILES string of the molecule is CC1CCN(CC2CC(C)(C)CCC2N)C1. The number of nitrogens with zero attached hydrogens (tertiary/aromatic N) is 1. The molecule has 2 nitrogen and oxygen atoms in total. The minimum Gasteiger partial charge on any atom is -0.327 e. The Kier molecular flexibility index (Phi) is 3.60. The summed E-state index contributed by atoms with van der Waals surface area (Å²) in [6.07, 6.45) is 5.23. The molecule has 2 fully saturated rings. The van der Waals surface area contributed by atoms with Gasteiger partial charge in [0.1, 0.15) is 0 Å². The Hall–Kier alpha value is -0.0800. The zero-order chi connectivity index (χ0) is 11.8. The summed E-state index contributed by atoms with van der Waals surface area (Å²) in [6, 6.07) is 0.448. The molecule has 16 heavy (non-hydrogen) atoms. The van der Waals surface area contributed by atoms with Crippen molar-refractivity contribution in [2.45, 2.75) is 52.5 Å². The van der Waals surface area contributed by atoms with Crippen molar-refractivity contribution >= 4 is 0 Å². The van der Waals surface area contributed by atoms with E-state index in [1.807, 2.05) is 0 Å². The summed E-state index contributed by atoms with van der Waals surface area (Å²) in [4.78, 5) is 2.64. The van der Waals surface area contributed by atoms with Crippen LogP contribution in [0.15, 0.2) is 0 Å². The summed E-state index contributed by atoms with van der Waals surface area (Å²) in [5.41, 5.74) is 6.81. The van der Waals surface area contributed by atoms with Crippen LogP contribution in [0.25, 0.3) is 0 Å². The van der Waals surface area contributed by atoms with E-state index in [0.717, 1.165) is 11.8 Å². The lowest BCUT2D eigenvalue weighted by molar-refractivity contribution is 0.123. The van der Waals surface area contributed by atoms with Crippen LogP contribution in [0.4, 0.5) is 0 Å². The Balaban J connectivity index is 1.87. The van der Waals surface area contributed by atoms with Crippen molar-refractivity contribution in [1.29, 1.82) is 0 Å². The first-order valence-corrected chi connectivity index (χ1v) is 6.94. The molecule has 0 bridgehead atoms. The molecule has 0 radical (unpaired) electrons. The van der Waals surface area contributed by atoms with Gasteiger partial charge in [-0.15, -0.1) is 0 Å². The van der Waals surface area contributed by atoms with Crippen LogP contribution in [0, 0.1) is 17.3 Å². The maximum absolute atomic E-state index is 6.29. The second-order valence-corrected chi connectivity index (χ2v) is 6.98. The number of hydrogen-bond acceptors (Lipinski definition) is 2. The molecule has 3 atom stereocenters. The van der Waals surface area contributed by atoms with Crippen molar-refractivity contribution in [3.8, 4) is 0 Å². The van der Waals surface area contributed by atoms with E-state index in [4.69, 9.17) is 5.73 Å². The number of nitrogens with two attached hydrogens (primary N) is 1. The maximum atomic E-state index is 6.29. The average Bonchev–Trinajstić information content (AvgIpc) is 2.58. The predicted octanol–water partition coefficient (Wildman–Crippen LogP) is 2.48. The van der Waals surface area contributed by atoms with E-state index in [2.05, 4.69) is 25.7 Å². The summed E-state index contributed by atoms with van der Waals surface area (Å²) in [5.74, 6) is 1.63. The van der Waals surface area contributed by atoms with Crippen molar-refractivity contribution in [1.82, 2.24) is 4.90 Å². The summed E-state index contributed by atoms with van der Waals surface area (Å²) < 4.78 is 0. The molecule has 0 aromatic rings. The molecule has 2 rings (SSSR count). The molecule has 0 amide bonds. The Morgan fingerprint density at radius 2 is 2.06 bits per heavy atom. The lowest BCUT2D eigenvalue weighted by Gasteiger charge is -2.40. The van der Waals surface area contributed by atoms with Gasteiger partial charge in [0, 0.05) is 19.1 Å². The average molecular weight is 224 g/mol. The van der Waals surface area contributed by atoms with Gasteiger partial charge in [0.15, 0.2) is 0 Å². The molecule has 1 aliphatic carbocycles. The highest BCUT2D eigenvalue weighted by Gasteiger charge is 2.34. The van der Waals surface area contributed by atoms with E-state index < -0.39 is 0 Å². The molecule has 2 heteroatoms. The van der Waals surface area contributed by atoms with Crippen LogP contribution in [0.1, 0.15) is 46.5 Å². The molecular weight excluding hydrogens is 196 g/mol. The zero-order valence-electron chi connectivity index (χ0n) is 11.2. The monoisotopic (exact) mass is 224 g/mol. The molecule has 0 spiro atoms. The molecule has 1 aliphatic heterocycles. The fourth-order valence-electron chi connectivity index (χ4n) is 3.48. The van der Waals surface area contributed by atoms with Gasteiger partial charge in [-0.3, -0.25) is 0 Å². The molecule has 0 aromatic carbocycles. The summed E-state index contributed by atoms with van der Waals surface area (Å²) in [6.45, 7) is 11.0. The standard InChI is InChI=1S/C14H28N2/c1-11-5-7-16(9-11)10-12-8-14(2,3)6-4-13(12)15/h11-13H,4-10,15H2,1-3H3. The predicted molar refractivity (Wildman–Crippen MR) is 69.3 cm³/mol. The Morgan fingerprint density at radius 3 is 2.69 bits per heavy atom. The molecule has 1 saturated heterocycles. The van der Waals surface area contributed by atoms with Crippen LogP contribution >= 0.6 is 0 Å². The van der Waals surface area contributed by atoms with Crippen LogP contribution in [-0.2, 0) is 0 Å².